The Hall–Kier alpha value is -1.67. The van der Waals surface area contributed by atoms with Crippen molar-refractivity contribution in [2.75, 3.05) is 6.54 Å². The Bertz CT molecular complexity index is 563. The van der Waals surface area contributed by atoms with Gasteiger partial charge >= 0.3 is 0 Å². The molecule has 0 amide bonds. The van der Waals surface area contributed by atoms with Crippen LogP contribution in [0.15, 0.2) is 42.7 Å². The van der Waals surface area contributed by atoms with Crippen molar-refractivity contribution in [1.29, 1.82) is 0 Å². The van der Waals surface area contributed by atoms with Gasteiger partial charge in [-0.2, -0.15) is 0 Å². The summed E-state index contributed by atoms with van der Waals surface area (Å²) in [6.45, 7) is 0.688. The molecule has 1 aromatic heterocycles. The molecule has 0 bridgehead atoms. The summed E-state index contributed by atoms with van der Waals surface area (Å²) < 4.78 is 0. The molecule has 0 aliphatic heterocycles. The van der Waals surface area contributed by atoms with Crippen LogP contribution in [0.2, 0.25) is 0 Å². The van der Waals surface area contributed by atoms with Gasteiger partial charge in [0.05, 0.1) is 0 Å². The third-order valence-electron chi connectivity index (χ3n) is 4.33. The van der Waals surface area contributed by atoms with E-state index in [-0.39, 0.29) is 0 Å². The Kier molecular flexibility index (Phi) is 4.12. The van der Waals surface area contributed by atoms with E-state index in [9.17, 15) is 0 Å². The van der Waals surface area contributed by atoms with E-state index >= 15 is 0 Å². The van der Waals surface area contributed by atoms with E-state index < -0.39 is 0 Å². The average molecular weight is 266 g/mol. The van der Waals surface area contributed by atoms with Crippen LogP contribution in [0.3, 0.4) is 0 Å². The van der Waals surface area contributed by atoms with Gasteiger partial charge in [-0.3, -0.25) is 4.98 Å². The summed E-state index contributed by atoms with van der Waals surface area (Å²) in [5, 5.41) is 0. The summed E-state index contributed by atoms with van der Waals surface area (Å²) in [7, 11) is 0. The van der Waals surface area contributed by atoms with Gasteiger partial charge in [-0.25, -0.2) is 0 Å². The topological polar surface area (TPSA) is 38.9 Å². The zero-order valence-electron chi connectivity index (χ0n) is 11.9. The van der Waals surface area contributed by atoms with E-state index in [0.29, 0.717) is 12.5 Å². The van der Waals surface area contributed by atoms with Gasteiger partial charge in [0.1, 0.15) is 0 Å². The summed E-state index contributed by atoms with van der Waals surface area (Å²) in [4.78, 5) is 4.20. The van der Waals surface area contributed by atoms with Crippen LogP contribution in [-0.2, 0) is 19.3 Å². The highest BCUT2D eigenvalue weighted by atomic mass is 14.6. The number of benzene rings is 1. The van der Waals surface area contributed by atoms with Gasteiger partial charge in [-0.1, -0.05) is 24.3 Å². The van der Waals surface area contributed by atoms with Crippen molar-refractivity contribution in [3.05, 3.63) is 65.0 Å². The Balaban J connectivity index is 1.82. The second-order valence-corrected chi connectivity index (χ2v) is 5.73. The number of rotatable bonds is 4. The van der Waals surface area contributed by atoms with Crippen molar-refractivity contribution in [3.63, 3.8) is 0 Å². The first-order valence-corrected chi connectivity index (χ1v) is 7.57. The first-order valence-electron chi connectivity index (χ1n) is 7.57. The molecule has 0 fully saturated rings. The number of aromatic nitrogens is 1. The first-order chi connectivity index (χ1) is 9.86. The van der Waals surface area contributed by atoms with Crippen molar-refractivity contribution in [3.8, 4) is 0 Å². The van der Waals surface area contributed by atoms with Crippen LogP contribution in [0.4, 0.5) is 0 Å². The fraction of sp³-hybridized carbons (Fsp3) is 0.389. The van der Waals surface area contributed by atoms with E-state index in [1.807, 2.05) is 18.5 Å². The molecular weight excluding hydrogens is 244 g/mol. The molecule has 3 rings (SSSR count). The second-order valence-electron chi connectivity index (χ2n) is 5.73. The smallest absolute Gasteiger partial charge is 0.0300 e. The van der Waals surface area contributed by atoms with Gasteiger partial charge in [0.25, 0.3) is 0 Å². The van der Waals surface area contributed by atoms with Gasteiger partial charge < -0.3 is 5.73 Å². The van der Waals surface area contributed by atoms with Crippen LogP contribution in [0.5, 0.6) is 0 Å². The highest BCUT2D eigenvalue weighted by molar-refractivity contribution is 5.36. The Morgan fingerprint density at radius 1 is 1.10 bits per heavy atom. The van der Waals surface area contributed by atoms with Crippen LogP contribution < -0.4 is 5.73 Å². The zero-order valence-corrected chi connectivity index (χ0v) is 11.9. The lowest BCUT2D eigenvalue weighted by Gasteiger charge is -2.20. The molecule has 1 aromatic carbocycles. The molecule has 1 heterocycles. The fourth-order valence-electron chi connectivity index (χ4n) is 3.15. The molecule has 0 radical (unpaired) electrons. The maximum Gasteiger partial charge on any atom is 0.0300 e. The Morgan fingerprint density at radius 2 is 1.95 bits per heavy atom. The SMILES string of the molecule is NCC(Cc1cccnc1)c1ccc2c(c1)CCCC2. The quantitative estimate of drug-likeness (QED) is 0.922. The lowest BCUT2D eigenvalue weighted by atomic mass is 9.86. The van der Waals surface area contributed by atoms with Gasteiger partial charge in [0.2, 0.25) is 0 Å². The number of fused-ring (bicyclic) bond motifs is 1. The molecule has 0 saturated heterocycles. The van der Waals surface area contributed by atoms with E-state index in [4.69, 9.17) is 5.73 Å². The molecule has 2 nitrogen and oxygen atoms in total. The standard InChI is InChI=1S/C18H22N2/c19-12-18(10-14-4-3-9-20-13-14)17-8-7-15-5-1-2-6-16(15)11-17/h3-4,7-9,11,13,18H,1-2,5-6,10,12,19H2. The maximum atomic E-state index is 6.01. The monoisotopic (exact) mass is 266 g/mol. The van der Waals surface area contributed by atoms with Crippen molar-refractivity contribution in [2.24, 2.45) is 5.73 Å². The number of hydrogen-bond acceptors (Lipinski definition) is 2. The third kappa shape index (κ3) is 2.91. The molecule has 1 atom stereocenters. The van der Waals surface area contributed by atoms with Crippen molar-refractivity contribution >= 4 is 0 Å². The predicted octanol–water partition coefficient (Wildman–Crippen LogP) is 3.25. The average Bonchev–Trinajstić information content (AvgIpc) is 2.53. The number of nitrogens with two attached hydrogens (primary N) is 1. The van der Waals surface area contributed by atoms with E-state index in [0.717, 1.165) is 6.42 Å². The van der Waals surface area contributed by atoms with Gasteiger partial charge in [0, 0.05) is 18.3 Å². The molecule has 1 unspecified atom stereocenters. The lowest BCUT2D eigenvalue weighted by molar-refractivity contribution is 0.668. The summed E-state index contributed by atoms with van der Waals surface area (Å²) >= 11 is 0. The minimum absolute atomic E-state index is 0.395. The van der Waals surface area contributed by atoms with Crippen LogP contribution in [-0.4, -0.2) is 11.5 Å². The summed E-state index contributed by atoms with van der Waals surface area (Å²) in [5.41, 5.74) is 11.7. The lowest BCUT2D eigenvalue weighted by Crippen LogP contribution is -2.16. The van der Waals surface area contributed by atoms with Crippen LogP contribution in [0.1, 0.15) is 41.0 Å². The molecule has 0 spiro atoms. The molecule has 2 aromatic rings. The molecule has 1 aliphatic carbocycles. The highest BCUT2D eigenvalue weighted by Gasteiger charge is 2.15. The zero-order chi connectivity index (χ0) is 13.8. The molecule has 104 valence electrons. The summed E-state index contributed by atoms with van der Waals surface area (Å²) in [5.74, 6) is 0.395. The van der Waals surface area contributed by atoms with Crippen LogP contribution in [0, 0.1) is 0 Å². The molecule has 1 aliphatic rings. The minimum atomic E-state index is 0.395. The fourth-order valence-corrected chi connectivity index (χ4v) is 3.15. The summed E-state index contributed by atoms with van der Waals surface area (Å²) in [6, 6.07) is 11.1. The molecular formula is C18H22N2. The minimum Gasteiger partial charge on any atom is -0.330 e. The van der Waals surface area contributed by atoms with Crippen LogP contribution in [0.25, 0.3) is 0 Å². The molecule has 20 heavy (non-hydrogen) atoms. The predicted molar refractivity (Wildman–Crippen MR) is 82.8 cm³/mol. The van der Waals surface area contributed by atoms with Gasteiger partial charge in [0.15, 0.2) is 0 Å². The maximum absolute atomic E-state index is 6.01. The Morgan fingerprint density at radius 3 is 2.70 bits per heavy atom. The number of hydrogen-bond donors (Lipinski definition) is 1. The van der Waals surface area contributed by atoms with E-state index in [2.05, 4.69) is 29.2 Å². The van der Waals surface area contributed by atoms with Crippen LogP contribution >= 0.6 is 0 Å². The first kappa shape index (κ1) is 13.3. The largest absolute Gasteiger partial charge is 0.330 e. The van der Waals surface area contributed by atoms with Crippen molar-refractivity contribution < 1.29 is 0 Å². The van der Waals surface area contributed by atoms with Gasteiger partial charge in [-0.15, -0.1) is 0 Å². The number of pyridine rings is 1. The Labute approximate surface area is 121 Å². The van der Waals surface area contributed by atoms with Crippen molar-refractivity contribution in [1.82, 2.24) is 4.98 Å². The molecule has 2 N–H and O–H groups in total. The van der Waals surface area contributed by atoms with Crippen molar-refractivity contribution in [2.45, 2.75) is 38.0 Å². The second kappa shape index (κ2) is 6.19. The van der Waals surface area contributed by atoms with Gasteiger partial charge in [-0.05, 0) is 67.0 Å². The number of aryl methyl sites for hydroxylation is 2. The molecule has 2 heteroatoms. The molecule has 0 saturated carbocycles. The highest BCUT2D eigenvalue weighted by Crippen LogP contribution is 2.27. The number of nitrogens with zero attached hydrogens (tertiary/aromatic N) is 1. The normalized spacial score (nSPS) is 15.7. The van der Waals surface area contributed by atoms with E-state index in [1.54, 1.807) is 5.56 Å². The third-order valence-corrected chi connectivity index (χ3v) is 4.33. The van der Waals surface area contributed by atoms with E-state index in [1.165, 1.54) is 42.4 Å². The summed E-state index contributed by atoms with van der Waals surface area (Å²) in [6.07, 6.45) is 9.87.